The number of anilines is 1. The minimum Gasteiger partial charge on any atom is -0.491 e. The molecule has 29 heavy (non-hydrogen) atoms. The maximum Gasteiger partial charge on any atom is 0.255 e. The van der Waals surface area contributed by atoms with Crippen molar-refractivity contribution in [3.63, 3.8) is 0 Å². The Bertz CT molecular complexity index is 801. The SMILES string of the molecule is Cc1cc(C(=O)Nc2cc(OC(C)C)cc(OC(C)C)c2)cc(Cl)c1OCCN. The molecule has 0 radical (unpaired) electrons. The van der Waals surface area contributed by atoms with E-state index in [-0.39, 0.29) is 18.1 Å². The smallest absolute Gasteiger partial charge is 0.255 e. The average Bonchev–Trinajstić information content (AvgIpc) is 2.59. The first kappa shape index (κ1) is 22.8. The molecule has 7 heteroatoms. The number of nitrogens with two attached hydrogens (primary N) is 1. The quantitative estimate of drug-likeness (QED) is 0.608. The number of hydrogen-bond acceptors (Lipinski definition) is 5. The van der Waals surface area contributed by atoms with Crippen LogP contribution < -0.4 is 25.3 Å². The Hall–Kier alpha value is -2.44. The van der Waals surface area contributed by atoms with Crippen LogP contribution in [0.2, 0.25) is 5.02 Å². The van der Waals surface area contributed by atoms with E-state index in [9.17, 15) is 4.79 Å². The molecule has 0 saturated carbocycles. The van der Waals surface area contributed by atoms with Crippen LogP contribution >= 0.6 is 11.6 Å². The molecule has 158 valence electrons. The average molecular weight is 421 g/mol. The molecule has 0 unspecified atom stereocenters. The lowest BCUT2D eigenvalue weighted by atomic mass is 10.1. The van der Waals surface area contributed by atoms with E-state index < -0.39 is 0 Å². The number of nitrogens with one attached hydrogen (secondary N) is 1. The van der Waals surface area contributed by atoms with Crippen molar-refractivity contribution < 1.29 is 19.0 Å². The van der Waals surface area contributed by atoms with Crippen molar-refractivity contribution in [3.8, 4) is 17.2 Å². The molecule has 2 rings (SSSR count). The molecule has 0 atom stereocenters. The van der Waals surface area contributed by atoms with E-state index in [1.54, 1.807) is 30.3 Å². The van der Waals surface area contributed by atoms with Crippen LogP contribution in [0.25, 0.3) is 0 Å². The van der Waals surface area contributed by atoms with Crippen molar-refractivity contribution in [2.24, 2.45) is 5.73 Å². The van der Waals surface area contributed by atoms with Gasteiger partial charge in [-0.15, -0.1) is 0 Å². The van der Waals surface area contributed by atoms with Gasteiger partial charge in [0.1, 0.15) is 23.9 Å². The van der Waals surface area contributed by atoms with Crippen LogP contribution in [0.3, 0.4) is 0 Å². The summed E-state index contributed by atoms with van der Waals surface area (Å²) in [6.45, 7) is 10.3. The molecule has 2 aromatic carbocycles. The summed E-state index contributed by atoms with van der Waals surface area (Å²) < 4.78 is 17.1. The van der Waals surface area contributed by atoms with Gasteiger partial charge in [-0.2, -0.15) is 0 Å². The predicted octanol–water partition coefficient (Wildman–Crippen LogP) is 4.81. The molecule has 0 bridgehead atoms. The summed E-state index contributed by atoms with van der Waals surface area (Å²) in [5.41, 5.74) is 7.23. The predicted molar refractivity (Wildman–Crippen MR) is 117 cm³/mol. The summed E-state index contributed by atoms with van der Waals surface area (Å²) in [4.78, 5) is 12.8. The second-order valence-electron chi connectivity index (χ2n) is 7.22. The highest BCUT2D eigenvalue weighted by Crippen LogP contribution is 2.31. The molecule has 2 aromatic rings. The number of amides is 1. The van der Waals surface area contributed by atoms with Crippen LogP contribution in [-0.2, 0) is 0 Å². The largest absolute Gasteiger partial charge is 0.491 e. The van der Waals surface area contributed by atoms with Gasteiger partial charge in [-0.05, 0) is 52.3 Å². The maximum atomic E-state index is 12.8. The van der Waals surface area contributed by atoms with Gasteiger partial charge in [0.25, 0.3) is 5.91 Å². The normalized spacial score (nSPS) is 10.9. The van der Waals surface area contributed by atoms with E-state index in [2.05, 4.69) is 5.32 Å². The van der Waals surface area contributed by atoms with Gasteiger partial charge < -0.3 is 25.3 Å². The zero-order valence-electron chi connectivity index (χ0n) is 17.5. The van der Waals surface area contributed by atoms with Crippen LogP contribution in [0, 0.1) is 6.92 Å². The lowest BCUT2D eigenvalue weighted by molar-refractivity contribution is 0.102. The van der Waals surface area contributed by atoms with Gasteiger partial charge in [0, 0.05) is 36.0 Å². The lowest BCUT2D eigenvalue weighted by Gasteiger charge is -2.16. The molecule has 3 N–H and O–H groups in total. The summed E-state index contributed by atoms with van der Waals surface area (Å²) in [6.07, 6.45) is -0.00857. The zero-order valence-corrected chi connectivity index (χ0v) is 18.3. The minimum absolute atomic E-state index is 0.00428. The molecule has 0 aromatic heterocycles. The molecule has 0 aliphatic rings. The number of benzene rings is 2. The van der Waals surface area contributed by atoms with Crippen molar-refractivity contribution in [1.29, 1.82) is 0 Å². The number of carbonyl (C=O) groups is 1. The summed E-state index contributed by atoms with van der Waals surface area (Å²) >= 11 is 6.30. The van der Waals surface area contributed by atoms with Crippen LogP contribution in [0.1, 0.15) is 43.6 Å². The number of ether oxygens (including phenoxy) is 3. The first-order valence-electron chi connectivity index (χ1n) is 9.62. The van der Waals surface area contributed by atoms with Gasteiger partial charge >= 0.3 is 0 Å². The lowest BCUT2D eigenvalue weighted by Crippen LogP contribution is -2.15. The van der Waals surface area contributed by atoms with Crippen molar-refractivity contribution in [2.45, 2.75) is 46.8 Å². The fraction of sp³-hybridized carbons (Fsp3) is 0.409. The topological polar surface area (TPSA) is 82.8 Å². The molecule has 0 spiro atoms. The van der Waals surface area contributed by atoms with Gasteiger partial charge in [-0.3, -0.25) is 4.79 Å². The molecule has 0 heterocycles. The maximum absolute atomic E-state index is 12.8. The molecule has 6 nitrogen and oxygen atoms in total. The highest BCUT2D eigenvalue weighted by Gasteiger charge is 2.15. The van der Waals surface area contributed by atoms with Crippen LogP contribution in [0.15, 0.2) is 30.3 Å². The summed E-state index contributed by atoms with van der Waals surface area (Å²) in [5.74, 6) is 1.48. The summed E-state index contributed by atoms with van der Waals surface area (Å²) in [6, 6.07) is 8.64. The van der Waals surface area contributed by atoms with E-state index in [0.717, 1.165) is 5.56 Å². The molecule has 0 aliphatic carbocycles. The Morgan fingerprint density at radius 2 is 1.62 bits per heavy atom. The Labute approximate surface area is 177 Å². The second-order valence-corrected chi connectivity index (χ2v) is 7.63. The van der Waals surface area contributed by atoms with Gasteiger partial charge in [-0.25, -0.2) is 0 Å². The van der Waals surface area contributed by atoms with E-state index in [4.69, 9.17) is 31.5 Å². The molecule has 0 fully saturated rings. The monoisotopic (exact) mass is 420 g/mol. The van der Waals surface area contributed by atoms with Gasteiger partial charge in [-0.1, -0.05) is 11.6 Å². The fourth-order valence-electron chi connectivity index (χ4n) is 2.73. The number of hydrogen-bond donors (Lipinski definition) is 2. The third kappa shape index (κ3) is 6.84. The Kier molecular flexibility index (Phi) is 8.17. The van der Waals surface area contributed by atoms with Crippen LogP contribution in [0.5, 0.6) is 17.2 Å². The standard InChI is InChI=1S/C22H29ClN2O4/c1-13(2)28-18-10-17(11-19(12-18)29-14(3)4)25-22(26)16-8-15(5)21(20(23)9-16)27-7-6-24/h8-14H,6-7,24H2,1-5H3,(H,25,26). The highest BCUT2D eigenvalue weighted by atomic mass is 35.5. The number of carbonyl (C=O) groups excluding carboxylic acids is 1. The fourth-order valence-corrected chi connectivity index (χ4v) is 3.05. The van der Waals surface area contributed by atoms with Gasteiger partial charge in [0.2, 0.25) is 0 Å². The minimum atomic E-state index is -0.294. The van der Waals surface area contributed by atoms with Crippen LogP contribution in [0.4, 0.5) is 5.69 Å². The Balaban J connectivity index is 2.27. The van der Waals surface area contributed by atoms with Crippen molar-refractivity contribution in [2.75, 3.05) is 18.5 Å². The second kappa shape index (κ2) is 10.4. The van der Waals surface area contributed by atoms with E-state index >= 15 is 0 Å². The molecular weight excluding hydrogens is 392 g/mol. The van der Waals surface area contributed by atoms with Gasteiger partial charge in [0.15, 0.2) is 0 Å². The third-order valence-electron chi connectivity index (χ3n) is 3.74. The van der Waals surface area contributed by atoms with Crippen molar-refractivity contribution >= 4 is 23.2 Å². The third-order valence-corrected chi connectivity index (χ3v) is 4.02. The Morgan fingerprint density at radius 1 is 1.03 bits per heavy atom. The highest BCUT2D eigenvalue weighted by molar-refractivity contribution is 6.32. The van der Waals surface area contributed by atoms with Gasteiger partial charge in [0.05, 0.1) is 17.2 Å². The van der Waals surface area contributed by atoms with E-state index in [1.807, 2.05) is 34.6 Å². The van der Waals surface area contributed by atoms with E-state index in [0.29, 0.717) is 46.7 Å². The van der Waals surface area contributed by atoms with E-state index in [1.165, 1.54) is 0 Å². The Morgan fingerprint density at radius 3 is 2.10 bits per heavy atom. The molecular formula is C22H29ClN2O4. The first-order valence-corrected chi connectivity index (χ1v) is 10.00. The molecule has 1 amide bonds. The zero-order chi connectivity index (χ0) is 21.6. The summed E-state index contributed by atoms with van der Waals surface area (Å²) in [5, 5.41) is 3.25. The van der Waals surface area contributed by atoms with Crippen molar-refractivity contribution in [1.82, 2.24) is 0 Å². The molecule has 0 saturated heterocycles. The van der Waals surface area contributed by atoms with Crippen molar-refractivity contribution in [3.05, 3.63) is 46.5 Å². The number of rotatable bonds is 9. The molecule has 0 aliphatic heterocycles. The summed E-state index contributed by atoms with van der Waals surface area (Å²) in [7, 11) is 0. The first-order chi connectivity index (χ1) is 13.7. The number of aryl methyl sites for hydroxylation is 1. The van der Waals surface area contributed by atoms with Crippen LogP contribution in [-0.4, -0.2) is 31.3 Å². The number of halogens is 1.